The van der Waals surface area contributed by atoms with Crippen LogP contribution in [0.25, 0.3) is 0 Å². The molecule has 2 aliphatic rings. The van der Waals surface area contributed by atoms with E-state index in [1.165, 1.54) is 12.8 Å². The number of amides is 3. The lowest BCUT2D eigenvalue weighted by Gasteiger charge is -2.17. The second kappa shape index (κ2) is 7.55. The molecule has 1 aromatic rings. The first-order chi connectivity index (χ1) is 11.6. The van der Waals surface area contributed by atoms with Gasteiger partial charge in [-0.1, -0.05) is 18.9 Å². The number of carbonyl (C=O) groups is 2. The molecule has 6 heteroatoms. The number of urea groups is 1. The van der Waals surface area contributed by atoms with Crippen LogP contribution in [0.2, 0.25) is 0 Å². The second-order valence-corrected chi connectivity index (χ2v) is 6.48. The molecule has 0 aromatic heterocycles. The van der Waals surface area contributed by atoms with Crippen molar-refractivity contribution >= 4 is 17.6 Å². The number of rotatable bonds is 4. The van der Waals surface area contributed by atoms with Crippen LogP contribution in [0.15, 0.2) is 18.2 Å². The van der Waals surface area contributed by atoms with E-state index in [1.807, 2.05) is 18.2 Å². The van der Waals surface area contributed by atoms with E-state index in [0.717, 1.165) is 29.8 Å². The monoisotopic (exact) mass is 331 g/mol. The van der Waals surface area contributed by atoms with Crippen LogP contribution in [0.3, 0.4) is 0 Å². The SMILES string of the molecule is CN1C(=O)CCOc2ccc(CCNC(=O)NC3CCCC3)cc21. The molecule has 0 radical (unpaired) electrons. The van der Waals surface area contributed by atoms with Crippen LogP contribution in [0.4, 0.5) is 10.5 Å². The third-order valence-corrected chi connectivity index (χ3v) is 4.72. The van der Waals surface area contributed by atoms with Crippen LogP contribution in [0.5, 0.6) is 5.75 Å². The quantitative estimate of drug-likeness (QED) is 0.889. The zero-order valence-electron chi connectivity index (χ0n) is 14.1. The van der Waals surface area contributed by atoms with Gasteiger partial charge in [-0.25, -0.2) is 4.79 Å². The summed E-state index contributed by atoms with van der Waals surface area (Å²) in [6.45, 7) is 0.980. The number of nitrogens with zero attached hydrogens (tertiary/aromatic N) is 1. The van der Waals surface area contributed by atoms with Crippen LogP contribution in [0, 0.1) is 0 Å². The summed E-state index contributed by atoms with van der Waals surface area (Å²) < 4.78 is 5.62. The second-order valence-electron chi connectivity index (χ2n) is 6.48. The summed E-state index contributed by atoms with van der Waals surface area (Å²) in [5, 5.41) is 5.92. The lowest BCUT2D eigenvalue weighted by atomic mass is 10.1. The van der Waals surface area contributed by atoms with Gasteiger partial charge < -0.3 is 20.3 Å². The third kappa shape index (κ3) is 3.99. The highest BCUT2D eigenvalue weighted by Crippen LogP contribution is 2.31. The van der Waals surface area contributed by atoms with Crippen molar-refractivity contribution in [2.75, 3.05) is 25.1 Å². The molecule has 0 saturated heterocycles. The van der Waals surface area contributed by atoms with Gasteiger partial charge in [-0.15, -0.1) is 0 Å². The Bertz CT molecular complexity index is 612. The molecule has 6 nitrogen and oxygen atoms in total. The molecule has 1 saturated carbocycles. The maximum absolute atomic E-state index is 11.9. The topological polar surface area (TPSA) is 70.7 Å². The summed E-state index contributed by atoms with van der Waals surface area (Å²) in [5.41, 5.74) is 1.87. The molecule has 1 aromatic carbocycles. The number of fused-ring (bicyclic) bond motifs is 1. The molecule has 1 aliphatic heterocycles. The summed E-state index contributed by atoms with van der Waals surface area (Å²) in [5.74, 6) is 0.791. The number of carbonyl (C=O) groups excluding carboxylic acids is 2. The van der Waals surface area contributed by atoms with E-state index in [9.17, 15) is 9.59 Å². The zero-order chi connectivity index (χ0) is 16.9. The van der Waals surface area contributed by atoms with Crippen LogP contribution in [0.1, 0.15) is 37.7 Å². The molecular formula is C18H25N3O3. The van der Waals surface area contributed by atoms with Crippen molar-refractivity contribution in [1.29, 1.82) is 0 Å². The summed E-state index contributed by atoms with van der Waals surface area (Å²) in [6.07, 6.45) is 5.68. The van der Waals surface area contributed by atoms with Crippen LogP contribution in [-0.2, 0) is 11.2 Å². The molecule has 1 heterocycles. The molecule has 3 amide bonds. The number of benzene rings is 1. The predicted octanol–water partition coefficient (Wildman–Crippen LogP) is 2.22. The molecule has 1 aliphatic carbocycles. The predicted molar refractivity (Wildman–Crippen MR) is 92.5 cm³/mol. The van der Waals surface area contributed by atoms with E-state index < -0.39 is 0 Å². The first-order valence-electron chi connectivity index (χ1n) is 8.70. The van der Waals surface area contributed by atoms with Gasteiger partial charge in [0.25, 0.3) is 0 Å². The Kier molecular flexibility index (Phi) is 5.23. The Morgan fingerprint density at radius 1 is 1.33 bits per heavy atom. The van der Waals surface area contributed by atoms with Gasteiger partial charge in [-0.05, 0) is 37.0 Å². The minimum atomic E-state index is -0.0905. The first kappa shape index (κ1) is 16.6. The fraction of sp³-hybridized carbons (Fsp3) is 0.556. The number of ether oxygens (including phenoxy) is 1. The van der Waals surface area contributed by atoms with Crippen molar-refractivity contribution in [1.82, 2.24) is 10.6 Å². The smallest absolute Gasteiger partial charge is 0.315 e. The molecule has 1 fully saturated rings. The van der Waals surface area contributed by atoms with Crippen LogP contribution in [-0.4, -0.2) is 38.2 Å². The first-order valence-corrected chi connectivity index (χ1v) is 8.70. The summed E-state index contributed by atoms with van der Waals surface area (Å²) in [4.78, 5) is 25.4. The van der Waals surface area contributed by atoms with Crippen molar-refractivity contribution in [2.45, 2.75) is 44.6 Å². The van der Waals surface area contributed by atoms with E-state index in [2.05, 4.69) is 10.6 Å². The van der Waals surface area contributed by atoms with E-state index in [1.54, 1.807) is 11.9 Å². The number of hydrogen-bond acceptors (Lipinski definition) is 3. The molecule has 2 N–H and O–H groups in total. The van der Waals surface area contributed by atoms with Gasteiger partial charge in [-0.3, -0.25) is 4.79 Å². The Morgan fingerprint density at radius 2 is 2.12 bits per heavy atom. The van der Waals surface area contributed by atoms with Crippen LogP contribution >= 0.6 is 0 Å². The molecule has 0 spiro atoms. The minimum Gasteiger partial charge on any atom is -0.491 e. The largest absolute Gasteiger partial charge is 0.491 e. The van der Waals surface area contributed by atoms with Gasteiger partial charge in [0.15, 0.2) is 0 Å². The molecule has 24 heavy (non-hydrogen) atoms. The molecule has 0 atom stereocenters. The zero-order valence-corrected chi connectivity index (χ0v) is 14.1. The average molecular weight is 331 g/mol. The molecule has 0 unspecified atom stereocenters. The molecular weight excluding hydrogens is 306 g/mol. The Labute approximate surface area is 142 Å². The number of anilines is 1. The number of hydrogen-bond donors (Lipinski definition) is 2. The highest BCUT2D eigenvalue weighted by molar-refractivity contribution is 5.95. The van der Waals surface area contributed by atoms with E-state index in [4.69, 9.17) is 4.74 Å². The Hall–Kier alpha value is -2.24. The standard InChI is InChI=1S/C18H25N3O3/c1-21-15-12-13(6-7-16(15)24-11-9-17(21)22)8-10-19-18(23)20-14-4-2-3-5-14/h6-7,12,14H,2-5,8-11H2,1H3,(H2,19,20,23). The van der Waals surface area contributed by atoms with E-state index in [0.29, 0.717) is 32.0 Å². The maximum atomic E-state index is 11.9. The Balaban J connectivity index is 1.53. The van der Waals surface area contributed by atoms with Gasteiger partial charge in [0, 0.05) is 19.6 Å². The van der Waals surface area contributed by atoms with Crippen LogP contribution < -0.4 is 20.3 Å². The van der Waals surface area contributed by atoms with Gasteiger partial charge in [-0.2, -0.15) is 0 Å². The van der Waals surface area contributed by atoms with Crippen molar-refractivity contribution in [3.05, 3.63) is 23.8 Å². The van der Waals surface area contributed by atoms with Crippen molar-refractivity contribution in [3.63, 3.8) is 0 Å². The third-order valence-electron chi connectivity index (χ3n) is 4.72. The fourth-order valence-corrected chi connectivity index (χ4v) is 3.28. The van der Waals surface area contributed by atoms with Gasteiger partial charge in [0.2, 0.25) is 5.91 Å². The average Bonchev–Trinajstić information content (AvgIpc) is 3.03. The molecule has 3 rings (SSSR count). The summed E-state index contributed by atoms with van der Waals surface area (Å²) in [7, 11) is 1.77. The normalized spacial score (nSPS) is 17.9. The highest BCUT2D eigenvalue weighted by Gasteiger charge is 2.20. The maximum Gasteiger partial charge on any atom is 0.315 e. The van der Waals surface area contributed by atoms with E-state index >= 15 is 0 Å². The minimum absolute atomic E-state index is 0.0555. The lowest BCUT2D eigenvalue weighted by molar-refractivity contribution is -0.118. The Morgan fingerprint density at radius 3 is 2.92 bits per heavy atom. The van der Waals surface area contributed by atoms with Gasteiger partial charge in [0.05, 0.1) is 18.7 Å². The summed E-state index contributed by atoms with van der Waals surface area (Å²) >= 11 is 0. The number of nitrogens with one attached hydrogen (secondary N) is 2. The molecule has 0 bridgehead atoms. The summed E-state index contributed by atoms with van der Waals surface area (Å²) in [6, 6.07) is 6.09. The fourth-order valence-electron chi connectivity index (χ4n) is 3.28. The van der Waals surface area contributed by atoms with E-state index in [-0.39, 0.29) is 11.9 Å². The van der Waals surface area contributed by atoms with Crippen molar-refractivity contribution in [3.8, 4) is 5.75 Å². The molecule has 130 valence electrons. The van der Waals surface area contributed by atoms with Crippen molar-refractivity contribution < 1.29 is 14.3 Å². The van der Waals surface area contributed by atoms with Gasteiger partial charge in [0.1, 0.15) is 5.75 Å². The highest BCUT2D eigenvalue weighted by atomic mass is 16.5. The van der Waals surface area contributed by atoms with Gasteiger partial charge >= 0.3 is 6.03 Å². The van der Waals surface area contributed by atoms with Crippen molar-refractivity contribution in [2.24, 2.45) is 0 Å². The lowest BCUT2D eigenvalue weighted by Crippen LogP contribution is -2.41.